The molecule has 9 heteroatoms. The Balaban J connectivity index is 2.23. The van der Waals surface area contributed by atoms with E-state index in [4.69, 9.17) is 11.2 Å². The van der Waals surface area contributed by atoms with Gasteiger partial charge in [0.05, 0.1) is 11.4 Å². The van der Waals surface area contributed by atoms with E-state index < -0.39 is 34.5 Å². The van der Waals surface area contributed by atoms with E-state index in [-0.39, 0.29) is 23.2 Å². The summed E-state index contributed by atoms with van der Waals surface area (Å²) < 4.78 is 31.8. The third-order valence-corrected chi connectivity index (χ3v) is 5.49. The predicted octanol–water partition coefficient (Wildman–Crippen LogP) is 0.432. The van der Waals surface area contributed by atoms with Crippen LogP contribution in [0.3, 0.4) is 0 Å². The Hall–Kier alpha value is -2.86. The molecule has 0 bridgehead atoms. The number of carbonyl (C=O) groups is 2. The van der Waals surface area contributed by atoms with Crippen LogP contribution in [0.25, 0.3) is 0 Å². The van der Waals surface area contributed by atoms with Crippen LogP contribution in [0.2, 0.25) is 0 Å². The standard InChI is InChI=1S/C18H21N3O5S/c1-4-10-19-15(22)11-26-18(23)16(12(3)5-2)20-17-13-8-6-7-9-14(13)27(24,25)21-17/h1,6-9,12,16H,5,10-11H2,2-3H3,(H,19,22)(H,20,21)/t12-,16-/m0/s1. The van der Waals surface area contributed by atoms with Crippen molar-refractivity contribution in [2.45, 2.75) is 31.2 Å². The minimum absolute atomic E-state index is 0.0338. The van der Waals surface area contributed by atoms with Crippen molar-refractivity contribution >= 4 is 27.7 Å². The van der Waals surface area contributed by atoms with Crippen molar-refractivity contribution in [1.82, 2.24) is 10.0 Å². The second-order valence-corrected chi connectivity index (χ2v) is 7.65. The van der Waals surface area contributed by atoms with E-state index in [0.717, 1.165) is 0 Å². The first-order valence-corrected chi connectivity index (χ1v) is 9.85. The number of sulfonamides is 1. The van der Waals surface area contributed by atoms with Gasteiger partial charge in [0.15, 0.2) is 12.6 Å². The third-order valence-electron chi connectivity index (χ3n) is 4.09. The number of hydrogen-bond acceptors (Lipinski definition) is 6. The first kappa shape index (κ1) is 20.5. The molecule has 0 unspecified atom stereocenters. The fourth-order valence-electron chi connectivity index (χ4n) is 2.43. The van der Waals surface area contributed by atoms with E-state index in [9.17, 15) is 18.0 Å². The molecule has 1 aromatic rings. The molecule has 1 amide bonds. The first-order chi connectivity index (χ1) is 12.8. The number of nitrogens with one attached hydrogen (secondary N) is 2. The Morgan fingerprint density at radius 3 is 2.74 bits per heavy atom. The van der Waals surface area contributed by atoms with E-state index in [1.165, 1.54) is 6.07 Å². The zero-order chi connectivity index (χ0) is 20.0. The summed E-state index contributed by atoms with van der Waals surface area (Å²) in [4.78, 5) is 28.4. The summed E-state index contributed by atoms with van der Waals surface area (Å²) in [6, 6.07) is 5.41. The lowest BCUT2D eigenvalue weighted by molar-refractivity contribution is -0.150. The molecule has 0 aromatic heterocycles. The zero-order valence-electron chi connectivity index (χ0n) is 15.1. The quantitative estimate of drug-likeness (QED) is 0.517. The minimum Gasteiger partial charge on any atom is -0.454 e. The van der Waals surface area contributed by atoms with Crippen molar-refractivity contribution in [2.24, 2.45) is 10.9 Å². The molecule has 1 aliphatic heterocycles. The maximum Gasteiger partial charge on any atom is 0.331 e. The molecular weight excluding hydrogens is 370 g/mol. The van der Waals surface area contributed by atoms with Gasteiger partial charge in [-0.2, -0.15) is 0 Å². The number of benzene rings is 1. The summed E-state index contributed by atoms with van der Waals surface area (Å²) in [5, 5.41) is 2.39. The van der Waals surface area contributed by atoms with Crippen LogP contribution in [0.4, 0.5) is 0 Å². The lowest BCUT2D eigenvalue weighted by atomic mass is 9.99. The molecule has 2 N–H and O–H groups in total. The average molecular weight is 391 g/mol. The molecule has 0 aliphatic carbocycles. The molecule has 1 aromatic carbocycles. The number of ether oxygens (including phenoxy) is 1. The van der Waals surface area contributed by atoms with Crippen molar-refractivity contribution < 1.29 is 22.7 Å². The molecule has 1 heterocycles. The molecule has 2 rings (SSSR count). The Bertz CT molecular complexity index is 902. The summed E-state index contributed by atoms with van der Waals surface area (Å²) in [6.07, 6.45) is 5.65. The number of hydrogen-bond donors (Lipinski definition) is 2. The van der Waals surface area contributed by atoms with Crippen LogP contribution in [-0.2, 0) is 24.3 Å². The zero-order valence-corrected chi connectivity index (χ0v) is 15.9. The van der Waals surface area contributed by atoms with Crippen LogP contribution >= 0.6 is 0 Å². The van der Waals surface area contributed by atoms with Crippen molar-refractivity contribution in [3.63, 3.8) is 0 Å². The minimum atomic E-state index is -3.71. The first-order valence-electron chi connectivity index (χ1n) is 8.37. The van der Waals surface area contributed by atoms with Crippen molar-refractivity contribution in [1.29, 1.82) is 0 Å². The Morgan fingerprint density at radius 1 is 1.37 bits per heavy atom. The second kappa shape index (κ2) is 8.68. The monoisotopic (exact) mass is 391 g/mol. The highest BCUT2D eigenvalue weighted by Crippen LogP contribution is 2.24. The number of aliphatic imine (C=N–C) groups is 1. The normalized spacial score (nSPS) is 17.9. The SMILES string of the molecule is C#CCNC(=O)COC(=O)[C@@H](N=C1NS(=O)(=O)c2ccccc21)[C@@H](C)CC. The molecular formula is C18H21N3O5S. The lowest BCUT2D eigenvalue weighted by Crippen LogP contribution is -2.35. The van der Waals surface area contributed by atoms with Crippen LogP contribution in [-0.4, -0.2) is 45.3 Å². The molecule has 8 nitrogen and oxygen atoms in total. The number of terminal acetylenes is 1. The highest BCUT2D eigenvalue weighted by atomic mass is 32.2. The third kappa shape index (κ3) is 4.86. The van der Waals surface area contributed by atoms with E-state index >= 15 is 0 Å². The Kier molecular flexibility index (Phi) is 6.58. The van der Waals surface area contributed by atoms with Crippen LogP contribution in [0.1, 0.15) is 25.8 Å². The Labute approximate surface area is 158 Å². The molecule has 0 saturated carbocycles. The van der Waals surface area contributed by atoms with Crippen LogP contribution in [0.15, 0.2) is 34.2 Å². The van der Waals surface area contributed by atoms with Gasteiger partial charge in [0.2, 0.25) is 0 Å². The number of amidine groups is 1. The fourth-order valence-corrected chi connectivity index (χ4v) is 3.67. The number of rotatable bonds is 7. The number of carbonyl (C=O) groups excluding carboxylic acids is 2. The van der Waals surface area contributed by atoms with E-state index in [2.05, 4.69) is 21.0 Å². The number of esters is 1. The molecule has 2 atom stereocenters. The molecule has 0 saturated heterocycles. The van der Waals surface area contributed by atoms with Crippen LogP contribution in [0, 0.1) is 18.3 Å². The maximum atomic E-state index is 12.5. The summed E-state index contributed by atoms with van der Waals surface area (Å²) in [5.74, 6) is 0.868. The molecule has 0 spiro atoms. The smallest absolute Gasteiger partial charge is 0.331 e. The summed E-state index contributed by atoms with van der Waals surface area (Å²) >= 11 is 0. The molecule has 144 valence electrons. The van der Waals surface area contributed by atoms with Gasteiger partial charge in [0.1, 0.15) is 5.84 Å². The number of nitrogens with zero attached hydrogens (tertiary/aromatic N) is 1. The van der Waals surface area contributed by atoms with Gasteiger partial charge in [-0.1, -0.05) is 38.3 Å². The van der Waals surface area contributed by atoms with E-state index in [0.29, 0.717) is 12.0 Å². The predicted molar refractivity (Wildman–Crippen MR) is 99.3 cm³/mol. The fraction of sp³-hybridized carbons (Fsp3) is 0.389. The molecule has 1 aliphatic rings. The largest absolute Gasteiger partial charge is 0.454 e. The summed E-state index contributed by atoms with van der Waals surface area (Å²) in [6.45, 7) is 3.22. The van der Waals surface area contributed by atoms with Crippen LogP contribution in [0.5, 0.6) is 0 Å². The van der Waals surface area contributed by atoms with Crippen LogP contribution < -0.4 is 10.0 Å². The van der Waals surface area contributed by atoms with Gasteiger partial charge < -0.3 is 10.1 Å². The van der Waals surface area contributed by atoms with Gasteiger partial charge in [-0.15, -0.1) is 6.42 Å². The second-order valence-electron chi connectivity index (χ2n) is 6.00. The van der Waals surface area contributed by atoms with Crippen molar-refractivity contribution in [2.75, 3.05) is 13.2 Å². The molecule has 0 fully saturated rings. The highest BCUT2D eigenvalue weighted by Gasteiger charge is 2.33. The van der Waals surface area contributed by atoms with Crippen molar-refractivity contribution in [3.8, 4) is 12.3 Å². The summed E-state index contributed by atoms with van der Waals surface area (Å²) in [5.41, 5.74) is 0.394. The lowest BCUT2D eigenvalue weighted by Gasteiger charge is -2.18. The van der Waals surface area contributed by atoms with E-state index in [1.54, 1.807) is 25.1 Å². The average Bonchev–Trinajstić information content (AvgIpc) is 2.92. The van der Waals surface area contributed by atoms with Gasteiger partial charge in [0, 0.05) is 5.56 Å². The van der Waals surface area contributed by atoms with Gasteiger partial charge in [-0.05, 0) is 18.1 Å². The van der Waals surface area contributed by atoms with Crippen molar-refractivity contribution in [3.05, 3.63) is 29.8 Å². The van der Waals surface area contributed by atoms with E-state index in [1.807, 2.05) is 6.92 Å². The number of amides is 1. The number of fused-ring (bicyclic) bond motifs is 1. The van der Waals surface area contributed by atoms with Gasteiger partial charge in [-0.3, -0.25) is 14.5 Å². The van der Waals surface area contributed by atoms with Gasteiger partial charge in [0.25, 0.3) is 15.9 Å². The molecule has 0 radical (unpaired) electrons. The summed E-state index contributed by atoms with van der Waals surface area (Å²) in [7, 11) is -3.71. The maximum absolute atomic E-state index is 12.5. The molecule has 27 heavy (non-hydrogen) atoms. The highest BCUT2D eigenvalue weighted by molar-refractivity contribution is 7.90. The topological polar surface area (TPSA) is 114 Å². The van der Waals surface area contributed by atoms with Gasteiger partial charge >= 0.3 is 5.97 Å². The Morgan fingerprint density at radius 2 is 2.07 bits per heavy atom. The van der Waals surface area contributed by atoms with Gasteiger partial charge in [-0.25, -0.2) is 13.2 Å².